The Labute approximate surface area is 217 Å². The van der Waals surface area contributed by atoms with Gasteiger partial charge in [0.05, 0.1) is 12.2 Å². The Hall–Kier alpha value is -3.84. The maximum absolute atomic E-state index is 14.2. The lowest BCUT2D eigenvalue weighted by Crippen LogP contribution is -2.33. The van der Waals surface area contributed by atoms with E-state index >= 15 is 0 Å². The SMILES string of the molecule is C=C.CC(C)COc1ccc(C2=NOC(C)(C)C2=O)cc1-c1ccc(-c2c(F)cccc2F)cc1.CN. The van der Waals surface area contributed by atoms with E-state index in [0.717, 1.165) is 11.1 Å². The minimum Gasteiger partial charge on any atom is -0.493 e. The molecule has 0 unspecified atom stereocenters. The molecule has 3 aromatic carbocycles. The van der Waals surface area contributed by atoms with E-state index in [-0.39, 0.29) is 17.1 Å². The van der Waals surface area contributed by atoms with Gasteiger partial charge in [0, 0.05) is 11.1 Å². The highest BCUT2D eigenvalue weighted by atomic mass is 19.1. The number of rotatable bonds is 6. The summed E-state index contributed by atoms with van der Waals surface area (Å²) in [5, 5.41) is 3.99. The van der Waals surface area contributed by atoms with E-state index in [0.29, 0.717) is 29.4 Å². The number of carbonyl (C=O) groups is 1. The molecular weight excluding hydrogens is 474 g/mol. The van der Waals surface area contributed by atoms with E-state index in [2.05, 4.69) is 37.9 Å². The zero-order valence-electron chi connectivity index (χ0n) is 22.0. The highest BCUT2D eigenvalue weighted by Gasteiger charge is 2.40. The van der Waals surface area contributed by atoms with Crippen LogP contribution in [0.25, 0.3) is 22.3 Å². The molecule has 0 radical (unpaired) electrons. The first-order valence-electron chi connectivity index (χ1n) is 11.9. The number of benzene rings is 3. The first-order chi connectivity index (χ1) is 17.7. The van der Waals surface area contributed by atoms with E-state index in [9.17, 15) is 13.6 Å². The van der Waals surface area contributed by atoms with Gasteiger partial charge in [-0.2, -0.15) is 0 Å². The van der Waals surface area contributed by atoms with Crippen LogP contribution in [0.3, 0.4) is 0 Å². The van der Waals surface area contributed by atoms with Crippen LogP contribution in [-0.2, 0) is 9.63 Å². The van der Waals surface area contributed by atoms with E-state index in [4.69, 9.17) is 9.57 Å². The third-order valence-corrected chi connectivity index (χ3v) is 5.40. The van der Waals surface area contributed by atoms with Crippen LogP contribution in [0.1, 0.15) is 33.3 Å². The molecule has 0 amide bonds. The summed E-state index contributed by atoms with van der Waals surface area (Å²) in [5.74, 6) is -0.478. The predicted octanol–water partition coefficient (Wildman–Crippen LogP) is 6.79. The Kier molecular flexibility index (Phi) is 10.3. The fourth-order valence-electron chi connectivity index (χ4n) is 3.59. The van der Waals surface area contributed by atoms with Crippen LogP contribution in [0, 0.1) is 17.6 Å². The van der Waals surface area contributed by atoms with Gasteiger partial charge in [0.15, 0.2) is 11.3 Å². The molecule has 1 aliphatic rings. The lowest BCUT2D eigenvalue weighted by molar-refractivity contribution is -0.128. The zero-order chi connectivity index (χ0) is 27.8. The quantitative estimate of drug-likeness (QED) is 0.372. The van der Waals surface area contributed by atoms with E-state index in [1.165, 1.54) is 25.2 Å². The number of carbonyl (C=O) groups excluding carboxylic acids is 1. The van der Waals surface area contributed by atoms with Gasteiger partial charge in [0.2, 0.25) is 5.78 Å². The van der Waals surface area contributed by atoms with Gasteiger partial charge in [-0.1, -0.05) is 49.3 Å². The van der Waals surface area contributed by atoms with Gasteiger partial charge in [0.25, 0.3) is 0 Å². The summed E-state index contributed by atoms with van der Waals surface area (Å²) in [6.07, 6.45) is 0. The Morgan fingerprint density at radius 3 is 2.00 bits per heavy atom. The minimum atomic E-state index is -1.01. The molecule has 0 saturated heterocycles. The number of hydrogen-bond donors (Lipinski definition) is 1. The molecule has 0 fully saturated rings. The van der Waals surface area contributed by atoms with Gasteiger partial charge in [-0.3, -0.25) is 4.79 Å². The Balaban J connectivity index is 0.00000115. The maximum Gasteiger partial charge on any atom is 0.230 e. The number of ether oxygens (including phenoxy) is 1. The summed E-state index contributed by atoms with van der Waals surface area (Å²) in [4.78, 5) is 18.0. The number of nitrogens with two attached hydrogens (primary N) is 1. The second kappa shape index (κ2) is 12.9. The van der Waals surface area contributed by atoms with E-state index in [1.54, 1.807) is 50.2 Å². The van der Waals surface area contributed by atoms with Crippen molar-refractivity contribution in [1.29, 1.82) is 0 Å². The van der Waals surface area contributed by atoms with Crippen molar-refractivity contribution in [2.45, 2.75) is 33.3 Å². The summed E-state index contributed by atoms with van der Waals surface area (Å²) < 4.78 is 34.4. The standard InChI is InChI=1S/C27H25F2NO3.C2H4.CH5N/c1-16(2)15-32-23-13-12-19(25-26(31)27(3,4)33-30-25)14-20(23)17-8-10-18(11-9-17)24-21(28)6-5-7-22(24)29;2*1-2/h5-14,16H,15H2,1-4H3;1-2H2;2H2,1H3. The number of halogens is 2. The van der Waals surface area contributed by atoms with Gasteiger partial charge in [0.1, 0.15) is 17.4 Å². The van der Waals surface area contributed by atoms with E-state index < -0.39 is 17.2 Å². The summed E-state index contributed by atoms with van der Waals surface area (Å²) in [7, 11) is 1.50. The van der Waals surface area contributed by atoms with Crippen molar-refractivity contribution in [2.24, 2.45) is 16.8 Å². The molecule has 0 spiro atoms. The molecule has 5 nitrogen and oxygen atoms in total. The van der Waals surface area contributed by atoms with Crippen LogP contribution in [0.4, 0.5) is 8.78 Å². The molecule has 37 heavy (non-hydrogen) atoms. The molecule has 0 aromatic heterocycles. The molecular formula is C30H34F2N2O3. The topological polar surface area (TPSA) is 73.9 Å². The normalized spacial score (nSPS) is 13.5. The molecule has 1 aliphatic heterocycles. The van der Waals surface area contributed by atoms with Crippen molar-refractivity contribution in [1.82, 2.24) is 0 Å². The summed E-state index contributed by atoms with van der Waals surface area (Å²) >= 11 is 0. The molecule has 0 atom stereocenters. The molecule has 1 heterocycles. The molecule has 0 saturated carbocycles. The lowest BCUT2D eigenvalue weighted by Gasteiger charge is -2.16. The zero-order valence-corrected chi connectivity index (χ0v) is 22.0. The van der Waals surface area contributed by atoms with Crippen LogP contribution < -0.4 is 10.5 Å². The van der Waals surface area contributed by atoms with Gasteiger partial charge >= 0.3 is 0 Å². The highest BCUT2D eigenvalue weighted by molar-refractivity contribution is 6.49. The van der Waals surface area contributed by atoms with Crippen molar-refractivity contribution in [2.75, 3.05) is 13.7 Å². The molecule has 3 aromatic rings. The highest BCUT2D eigenvalue weighted by Crippen LogP contribution is 2.35. The van der Waals surface area contributed by atoms with Crippen LogP contribution in [0.15, 0.2) is 79.0 Å². The third-order valence-electron chi connectivity index (χ3n) is 5.40. The number of nitrogens with zero attached hydrogens (tertiary/aromatic N) is 1. The predicted molar refractivity (Wildman–Crippen MR) is 146 cm³/mol. The van der Waals surface area contributed by atoms with Crippen LogP contribution in [0.5, 0.6) is 5.75 Å². The molecule has 0 aliphatic carbocycles. The van der Waals surface area contributed by atoms with Crippen molar-refractivity contribution >= 4 is 11.5 Å². The Bertz CT molecular complexity index is 1230. The minimum absolute atomic E-state index is 0.0700. The van der Waals surface area contributed by atoms with Gasteiger partial charge in [-0.15, -0.1) is 13.2 Å². The monoisotopic (exact) mass is 508 g/mol. The first-order valence-corrected chi connectivity index (χ1v) is 11.9. The number of hydrogen-bond acceptors (Lipinski definition) is 5. The summed E-state index contributed by atoms with van der Waals surface area (Å²) in [5.41, 5.74) is 6.24. The lowest BCUT2D eigenvalue weighted by atomic mass is 9.93. The van der Waals surface area contributed by atoms with E-state index in [1.807, 2.05) is 6.07 Å². The number of oxime groups is 1. The van der Waals surface area contributed by atoms with Crippen molar-refractivity contribution in [3.8, 4) is 28.0 Å². The van der Waals surface area contributed by atoms with Gasteiger partial charge in [-0.25, -0.2) is 8.78 Å². The van der Waals surface area contributed by atoms with Crippen LogP contribution in [-0.4, -0.2) is 30.8 Å². The molecule has 7 heteroatoms. The van der Waals surface area contributed by atoms with Gasteiger partial charge in [-0.05, 0) is 68.3 Å². The molecule has 196 valence electrons. The van der Waals surface area contributed by atoms with Gasteiger partial charge < -0.3 is 15.3 Å². The summed E-state index contributed by atoms with van der Waals surface area (Å²) in [6, 6.07) is 16.1. The fraction of sp³-hybridized carbons (Fsp3) is 0.267. The van der Waals surface area contributed by atoms with Crippen LogP contribution in [0.2, 0.25) is 0 Å². The largest absolute Gasteiger partial charge is 0.493 e. The molecule has 0 bridgehead atoms. The molecule has 2 N–H and O–H groups in total. The van der Waals surface area contributed by atoms with Crippen molar-refractivity contribution in [3.05, 3.63) is 91.0 Å². The maximum atomic E-state index is 14.2. The fourth-order valence-corrected chi connectivity index (χ4v) is 3.59. The summed E-state index contributed by atoms with van der Waals surface area (Å²) in [6.45, 7) is 14.0. The van der Waals surface area contributed by atoms with Crippen molar-refractivity contribution in [3.63, 3.8) is 0 Å². The second-order valence-corrected chi connectivity index (χ2v) is 8.96. The Morgan fingerprint density at radius 2 is 1.49 bits per heavy atom. The van der Waals surface area contributed by atoms with Crippen molar-refractivity contribution < 1.29 is 23.1 Å². The second-order valence-electron chi connectivity index (χ2n) is 8.96. The average molecular weight is 509 g/mol. The number of ketones is 1. The Morgan fingerprint density at radius 1 is 0.946 bits per heavy atom. The van der Waals surface area contributed by atoms with Crippen LogP contribution >= 0.6 is 0 Å². The average Bonchev–Trinajstić information content (AvgIpc) is 3.17. The third kappa shape index (κ3) is 6.68. The molecule has 4 rings (SSSR count). The smallest absolute Gasteiger partial charge is 0.230 e. The first kappa shape index (κ1) is 29.4. The number of Topliss-reactive ketones (excluding diaryl/α,β-unsaturated/α-hetero) is 1.